The number of sulfonamides is 1. The molecule has 0 radical (unpaired) electrons. The molecular weight excluding hydrogens is 400 g/mol. The first-order valence-corrected chi connectivity index (χ1v) is 11.1. The summed E-state index contributed by atoms with van der Waals surface area (Å²) in [5.41, 5.74) is 2.21. The summed E-state index contributed by atoms with van der Waals surface area (Å²) >= 11 is 5.91. The fourth-order valence-corrected chi connectivity index (χ4v) is 5.21. The molecule has 6 nitrogen and oxygen atoms in total. The maximum Gasteiger partial charge on any atom is 0.258 e. The molecule has 0 unspecified atom stereocenters. The highest BCUT2D eigenvalue weighted by atomic mass is 35.5. The minimum Gasteiger partial charge on any atom is -0.379 e. The highest BCUT2D eigenvalue weighted by Gasteiger charge is 2.29. The third-order valence-corrected chi connectivity index (χ3v) is 7.26. The molecule has 148 valence electrons. The molecule has 2 aliphatic heterocycles. The van der Waals surface area contributed by atoms with Gasteiger partial charge in [-0.15, -0.1) is 0 Å². The van der Waals surface area contributed by atoms with E-state index in [1.54, 1.807) is 47.4 Å². The number of fused-ring (bicyclic) bond motifs is 1. The molecule has 0 aromatic heterocycles. The number of halogens is 1. The number of nitrogens with zero attached hydrogens (tertiary/aromatic N) is 2. The number of rotatable bonds is 3. The average molecular weight is 421 g/mol. The van der Waals surface area contributed by atoms with Crippen LogP contribution in [0.3, 0.4) is 0 Å². The van der Waals surface area contributed by atoms with Crippen LogP contribution in [-0.2, 0) is 21.2 Å². The molecule has 2 aromatic carbocycles. The molecule has 0 bridgehead atoms. The third kappa shape index (κ3) is 3.67. The molecule has 0 spiro atoms. The zero-order valence-electron chi connectivity index (χ0n) is 15.3. The molecular formula is C20H21ClN2O4S. The van der Waals surface area contributed by atoms with E-state index in [-0.39, 0.29) is 10.8 Å². The van der Waals surface area contributed by atoms with E-state index in [4.69, 9.17) is 16.3 Å². The lowest BCUT2D eigenvalue weighted by atomic mass is 10.0. The Bertz CT molecular complexity index is 986. The van der Waals surface area contributed by atoms with E-state index in [1.165, 1.54) is 4.31 Å². The summed E-state index contributed by atoms with van der Waals surface area (Å²) in [4.78, 5) is 14.9. The van der Waals surface area contributed by atoms with Crippen molar-refractivity contribution in [3.05, 3.63) is 58.6 Å². The Morgan fingerprint density at radius 1 is 1.00 bits per heavy atom. The van der Waals surface area contributed by atoms with Crippen LogP contribution in [-0.4, -0.2) is 51.5 Å². The number of ether oxygens (including phenoxy) is 1. The maximum atomic E-state index is 12.9. The molecule has 2 aromatic rings. The number of morpholine rings is 1. The Morgan fingerprint density at radius 3 is 2.43 bits per heavy atom. The van der Waals surface area contributed by atoms with E-state index in [0.717, 1.165) is 24.1 Å². The van der Waals surface area contributed by atoms with Gasteiger partial charge in [-0.25, -0.2) is 8.42 Å². The fourth-order valence-electron chi connectivity index (χ4n) is 3.63. The molecule has 0 aliphatic carbocycles. The zero-order chi connectivity index (χ0) is 19.7. The molecule has 1 fully saturated rings. The number of carbonyl (C=O) groups is 1. The van der Waals surface area contributed by atoms with E-state index < -0.39 is 10.0 Å². The Morgan fingerprint density at radius 2 is 1.71 bits per heavy atom. The van der Waals surface area contributed by atoms with Crippen molar-refractivity contribution in [3.8, 4) is 0 Å². The lowest BCUT2D eigenvalue weighted by molar-refractivity contribution is 0.0730. The van der Waals surface area contributed by atoms with Crippen molar-refractivity contribution in [2.75, 3.05) is 37.7 Å². The van der Waals surface area contributed by atoms with Crippen LogP contribution in [0.1, 0.15) is 22.3 Å². The Hall–Kier alpha value is -1.93. The van der Waals surface area contributed by atoms with Crippen LogP contribution < -0.4 is 4.90 Å². The predicted octanol–water partition coefficient (Wildman–Crippen LogP) is 2.95. The first-order valence-electron chi connectivity index (χ1n) is 9.25. The van der Waals surface area contributed by atoms with Gasteiger partial charge in [-0.05, 0) is 60.9 Å². The van der Waals surface area contributed by atoms with Crippen LogP contribution >= 0.6 is 11.6 Å². The topological polar surface area (TPSA) is 66.9 Å². The largest absolute Gasteiger partial charge is 0.379 e. The van der Waals surface area contributed by atoms with E-state index in [2.05, 4.69) is 0 Å². The van der Waals surface area contributed by atoms with Gasteiger partial charge in [0.15, 0.2) is 0 Å². The summed E-state index contributed by atoms with van der Waals surface area (Å²) in [7, 11) is -3.55. The van der Waals surface area contributed by atoms with Gasteiger partial charge in [0.1, 0.15) is 0 Å². The second-order valence-corrected chi connectivity index (χ2v) is 9.25. The van der Waals surface area contributed by atoms with Crippen LogP contribution in [0, 0.1) is 0 Å². The Labute approximate surface area is 169 Å². The quantitative estimate of drug-likeness (QED) is 0.765. The van der Waals surface area contributed by atoms with E-state index >= 15 is 0 Å². The van der Waals surface area contributed by atoms with Crippen LogP contribution in [0.4, 0.5) is 5.69 Å². The van der Waals surface area contributed by atoms with Gasteiger partial charge < -0.3 is 9.64 Å². The minimum atomic E-state index is -3.55. The van der Waals surface area contributed by atoms with E-state index in [1.807, 2.05) is 0 Å². The molecule has 8 heteroatoms. The summed E-state index contributed by atoms with van der Waals surface area (Å²) < 4.78 is 32.5. The number of hydrogen-bond donors (Lipinski definition) is 0. The van der Waals surface area contributed by atoms with Gasteiger partial charge in [-0.2, -0.15) is 4.31 Å². The highest BCUT2D eigenvalue weighted by Crippen LogP contribution is 2.31. The molecule has 2 heterocycles. The number of carbonyl (C=O) groups excluding carboxylic acids is 1. The normalized spacial score (nSPS) is 18.0. The SMILES string of the molecule is O=C(c1ccc(Cl)cc1)N1CCCc2cc(S(=O)(=O)N3CCOCC3)ccc21. The number of aryl methyl sites for hydroxylation is 1. The van der Waals surface area contributed by atoms with Crippen molar-refractivity contribution >= 4 is 33.2 Å². The van der Waals surface area contributed by atoms with Crippen molar-refractivity contribution in [2.24, 2.45) is 0 Å². The van der Waals surface area contributed by atoms with Gasteiger partial charge in [-0.1, -0.05) is 11.6 Å². The van der Waals surface area contributed by atoms with Crippen LogP contribution in [0.25, 0.3) is 0 Å². The highest BCUT2D eigenvalue weighted by molar-refractivity contribution is 7.89. The summed E-state index contributed by atoms with van der Waals surface area (Å²) in [6, 6.07) is 11.8. The number of benzene rings is 2. The minimum absolute atomic E-state index is 0.110. The summed E-state index contributed by atoms with van der Waals surface area (Å²) in [5.74, 6) is -0.110. The lowest BCUT2D eigenvalue weighted by Gasteiger charge is -2.31. The molecule has 1 amide bonds. The van der Waals surface area contributed by atoms with Gasteiger partial charge in [0.25, 0.3) is 5.91 Å². The summed E-state index contributed by atoms with van der Waals surface area (Å²) in [6.07, 6.45) is 1.53. The summed E-state index contributed by atoms with van der Waals surface area (Å²) in [5, 5.41) is 0.577. The van der Waals surface area contributed by atoms with E-state index in [9.17, 15) is 13.2 Å². The molecule has 4 rings (SSSR count). The number of amides is 1. The lowest BCUT2D eigenvalue weighted by Crippen LogP contribution is -2.40. The second-order valence-electron chi connectivity index (χ2n) is 6.87. The number of hydrogen-bond acceptors (Lipinski definition) is 4. The maximum absolute atomic E-state index is 12.9. The van der Waals surface area contributed by atoms with Crippen LogP contribution in [0.15, 0.2) is 47.4 Å². The fraction of sp³-hybridized carbons (Fsp3) is 0.350. The molecule has 2 aliphatic rings. The smallest absolute Gasteiger partial charge is 0.258 e. The van der Waals surface area contributed by atoms with Gasteiger partial charge in [0.2, 0.25) is 10.0 Å². The van der Waals surface area contributed by atoms with Gasteiger partial charge in [0.05, 0.1) is 18.1 Å². The van der Waals surface area contributed by atoms with Gasteiger partial charge in [-0.3, -0.25) is 4.79 Å². The van der Waals surface area contributed by atoms with Crippen LogP contribution in [0.2, 0.25) is 5.02 Å². The van der Waals surface area contributed by atoms with Gasteiger partial charge in [0, 0.05) is 35.9 Å². The second kappa shape index (κ2) is 7.83. The standard InChI is InChI=1S/C20H21ClN2O4S/c21-17-5-3-15(4-6-17)20(24)23-9-1-2-16-14-18(7-8-19(16)23)28(25,26)22-10-12-27-13-11-22/h3-8,14H,1-2,9-13H2. The zero-order valence-corrected chi connectivity index (χ0v) is 16.9. The molecule has 28 heavy (non-hydrogen) atoms. The average Bonchev–Trinajstić information content (AvgIpc) is 2.73. The van der Waals surface area contributed by atoms with Crippen molar-refractivity contribution in [1.82, 2.24) is 4.31 Å². The first-order chi connectivity index (χ1) is 13.5. The van der Waals surface area contributed by atoms with Crippen molar-refractivity contribution in [1.29, 1.82) is 0 Å². The Kier molecular flexibility index (Phi) is 5.42. The predicted molar refractivity (Wildman–Crippen MR) is 107 cm³/mol. The summed E-state index contributed by atoms with van der Waals surface area (Å²) in [6.45, 7) is 2.15. The Balaban J connectivity index is 1.64. The van der Waals surface area contributed by atoms with Crippen molar-refractivity contribution in [3.63, 3.8) is 0 Å². The van der Waals surface area contributed by atoms with E-state index in [0.29, 0.717) is 43.4 Å². The molecule has 0 atom stereocenters. The van der Waals surface area contributed by atoms with Gasteiger partial charge >= 0.3 is 0 Å². The first kappa shape index (κ1) is 19.4. The third-order valence-electron chi connectivity index (χ3n) is 5.11. The molecule has 1 saturated heterocycles. The molecule has 0 saturated carbocycles. The van der Waals surface area contributed by atoms with Crippen LogP contribution in [0.5, 0.6) is 0 Å². The van der Waals surface area contributed by atoms with Crippen molar-refractivity contribution in [2.45, 2.75) is 17.7 Å². The monoisotopic (exact) mass is 420 g/mol. The number of anilines is 1. The molecule has 0 N–H and O–H groups in total. The van der Waals surface area contributed by atoms with Crippen molar-refractivity contribution < 1.29 is 17.9 Å².